The number of carbonyl (C=O) groups excluding carboxylic acids is 1. The second-order valence-corrected chi connectivity index (χ2v) is 7.97. The number of hydrogen-bond donors (Lipinski definition) is 4. The van der Waals surface area contributed by atoms with Crippen molar-refractivity contribution in [2.45, 2.75) is 58.0 Å². The highest BCUT2D eigenvalue weighted by Gasteiger charge is 2.21. The van der Waals surface area contributed by atoms with Crippen molar-refractivity contribution in [2.24, 2.45) is 4.99 Å². The lowest BCUT2D eigenvalue weighted by molar-refractivity contribution is -0.122. The lowest BCUT2D eigenvalue weighted by Gasteiger charge is -2.32. The molecule has 8 heteroatoms. The molecule has 3 rings (SSSR count). The van der Waals surface area contributed by atoms with Crippen LogP contribution in [0.4, 0.5) is 0 Å². The molecule has 1 aromatic carbocycles. The lowest BCUT2D eigenvalue weighted by Crippen LogP contribution is -2.50. The van der Waals surface area contributed by atoms with Crippen LogP contribution in [0.3, 0.4) is 0 Å². The molecule has 1 aliphatic carbocycles. The molecular weight excluding hydrogens is 493 g/mol. The fourth-order valence-electron chi connectivity index (χ4n) is 4.26. The number of hydrogen-bond acceptors (Lipinski definition) is 4. The predicted octanol–water partition coefficient (Wildman–Crippen LogP) is 2.15. The summed E-state index contributed by atoms with van der Waals surface area (Å²) in [5, 5.41) is 20.0. The molecule has 1 fully saturated rings. The van der Waals surface area contributed by atoms with Crippen molar-refractivity contribution in [3.63, 3.8) is 0 Å². The first kappa shape index (κ1) is 24.7. The van der Waals surface area contributed by atoms with Crippen LogP contribution in [0, 0.1) is 0 Å². The molecule has 1 amide bonds. The number of carbonyl (C=O) groups is 1. The standard InChI is InChI=1S/C22H35N5O2.HI/c1-3-24-22(26-17-10-12-27(13-11-17)15-21(29)23-2)25-14-19-18-7-5-4-6-16(18)8-9-20(19)28;/h8-9,17,28H,3-7,10-15H2,1-2H3,(H,23,29)(H2,24,25,26);1H. The second-order valence-electron chi connectivity index (χ2n) is 7.97. The van der Waals surface area contributed by atoms with E-state index in [1.165, 1.54) is 24.0 Å². The summed E-state index contributed by atoms with van der Waals surface area (Å²) in [6.07, 6.45) is 6.49. The van der Waals surface area contributed by atoms with E-state index in [1.54, 1.807) is 7.05 Å². The predicted molar refractivity (Wildman–Crippen MR) is 132 cm³/mol. The largest absolute Gasteiger partial charge is 0.508 e. The summed E-state index contributed by atoms with van der Waals surface area (Å²) in [5.74, 6) is 1.22. The van der Waals surface area contributed by atoms with Crippen LogP contribution in [0.25, 0.3) is 0 Å². The van der Waals surface area contributed by atoms with Gasteiger partial charge in [0.15, 0.2) is 5.96 Å². The maximum absolute atomic E-state index is 11.6. The zero-order valence-electron chi connectivity index (χ0n) is 18.2. The molecule has 0 spiro atoms. The highest BCUT2D eigenvalue weighted by Crippen LogP contribution is 2.31. The quantitative estimate of drug-likeness (QED) is 0.258. The molecule has 2 aliphatic rings. The summed E-state index contributed by atoms with van der Waals surface area (Å²) < 4.78 is 0. The topological polar surface area (TPSA) is 89.0 Å². The Kier molecular flexibility index (Phi) is 10.2. The molecule has 1 saturated heterocycles. The van der Waals surface area contributed by atoms with Gasteiger partial charge in [0.25, 0.3) is 0 Å². The van der Waals surface area contributed by atoms with Crippen LogP contribution in [-0.4, -0.2) is 61.1 Å². The Labute approximate surface area is 197 Å². The van der Waals surface area contributed by atoms with Crippen molar-refractivity contribution in [2.75, 3.05) is 33.2 Å². The van der Waals surface area contributed by atoms with Crippen LogP contribution in [0.15, 0.2) is 17.1 Å². The van der Waals surface area contributed by atoms with Gasteiger partial charge in [0.1, 0.15) is 5.75 Å². The number of likely N-dealkylation sites (tertiary alicyclic amines) is 1. The summed E-state index contributed by atoms with van der Waals surface area (Å²) in [6.45, 7) is 5.61. The number of nitrogens with one attached hydrogen (secondary N) is 3. The summed E-state index contributed by atoms with van der Waals surface area (Å²) in [7, 11) is 1.68. The third-order valence-electron chi connectivity index (χ3n) is 5.94. The van der Waals surface area contributed by atoms with Crippen molar-refractivity contribution in [3.05, 3.63) is 28.8 Å². The van der Waals surface area contributed by atoms with Crippen LogP contribution in [-0.2, 0) is 24.2 Å². The first-order chi connectivity index (χ1) is 14.1. The molecule has 1 aromatic rings. The van der Waals surface area contributed by atoms with Gasteiger partial charge in [-0.1, -0.05) is 6.07 Å². The highest BCUT2D eigenvalue weighted by atomic mass is 127. The molecule has 168 valence electrons. The van der Waals surface area contributed by atoms with Gasteiger partial charge in [-0.3, -0.25) is 9.69 Å². The summed E-state index contributed by atoms with van der Waals surface area (Å²) in [5.41, 5.74) is 3.62. The minimum absolute atomic E-state index is 0. The number of piperidine rings is 1. The highest BCUT2D eigenvalue weighted by molar-refractivity contribution is 14.0. The molecule has 30 heavy (non-hydrogen) atoms. The number of benzene rings is 1. The second kappa shape index (κ2) is 12.3. The van der Waals surface area contributed by atoms with Gasteiger partial charge in [0.2, 0.25) is 5.91 Å². The average Bonchev–Trinajstić information content (AvgIpc) is 2.74. The Morgan fingerprint density at radius 3 is 2.67 bits per heavy atom. The van der Waals surface area contributed by atoms with E-state index < -0.39 is 0 Å². The van der Waals surface area contributed by atoms with Crippen molar-refractivity contribution >= 4 is 35.8 Å². The van der Waals surface area contributed by atoms with Crippen molar-refractivity contribution < 1.29 is 9.90 Å². The first-order valence-corrected chi connectivity index (χ1v) is 10.9. The van der Waals surface area contributed by atoms with Crippen molar-refractivity contribution in [3.8, 4) is 5.75 Å². The number of phenols is 1. The molecule has 0 radical (unpaired) electrons. The smallest absolute Gasteiger partial charge is 0.233 e. The van der Waals surface area contributed by atoms with Gasteiger partial charge >= 0.3 is 0 Å². The van der Waals surface area contributed by atoms with Gasteiger partial charge in [0, 0.05) is 38.3 Å². The van der Waals surface area contributed by atoms with Crippen LogP contribution in [0.1, 0.15) is 49.3 Å². The number of guanidine groups is 1. The average molecular weight is 529 g/mol. The Morgan fingerprint density at radius 2 is 1.97 bits per heavy atom. The Morgan fingerprint density at radius 1 is 1.23 bits per heavy atom. The first-order valence-electron chi connectivity index (χ1n) is 10.9. The number of aromatic hydroxyl groups is 1. The van der Waals surface area contributed by atoms with Crippen LogP contribution < -0.4 is 16.0 Å². The van der Waals surface area contributed by atoms with Crippen LogP contribution >= 0.6 is 24.0 Å². The SMILES string of the molecule is CCNC(=NCc1c(O)ccc2c1CCCC2)NC1CCN(CC(=O)NC)CC1.I. The summed E-state index contributed by atoms with van der Waals surface area (Å²) >= 11 is 0. The van der Waals surface area contributed by atoms with Gasteiger partial charge in [-0.25, -0.2) is 4.99 Å². The number of halogens is 1. The number of amides is 1. The zero-order valence-corrected chi connectivity index (χ0v) is 20.5. The fourth-order valence-corrected chi connectivity index (χ4v) is 4.26. The van der Waals surface area contributed by atoms with Crippen LogP contribution in [0.5, 0.6) is 5.75 Å². The van der Waals surface area contributed by atoms with E-state index in [0.29, 0.717) is 24.9 Å². The molecule has 0 aromatic heterocycles. The summed E-state index contributed by atoms with van der Waals surface area (Å²) in [4.78, 5) is 18.5. The number of likely N-dealkylation sites (N-methyl/N-ethyl adjacent to an activating group) is 1. The van der Waals surface area contributed by atoms with E-state index in [0.717, 1.165) is 56.8 Å². The molecule has 7 nitrogen and oxygen atoms in total. The lowest BCUT2D eigenvalue weighted by atomic mass is 9.88. The van der Waals surface area contributed by atoms with E-state index in [9.17, 15) is 9.90 Å². The Hall–Kier alpha value is -1.55. The van der Waals surface area contributed by atoms with E-state index in [1.807, 2.05) is 6.07 Å². The van der Waals surface area contributed by atoms with Gasteiger partial charge in [-0.05, 0) is 62.6 Å². The third kappa shape index (κ3) is 6.73. The molecule has 1 aliphatic heterocycles. The number of nitrogens with zero attached hydrogens (tertiary/aromatic N) is 2. The Bertz CT molecular complexity index is 732. The van der Waals surface area contributed by atoms with E-state index in [2.05, 4.69) is 33.8 Å². The van der Waals surface area contributed by atoms with Crippen LogP contribution in [0.2, 0.25) is 0 Å². The molecule has 1 heterocycles. The number of fused-ring (bicyclic) bond motifs is 1. The van der Waals surface area contributed by atoms with Gasteiger partial charge < -0.3 is 21.1 Å². The van der Waals surface area contributed by atoms with E-state index in [-0.39, 0.29) is 29.9 Å². The van der Waals surface area contributed by atoms with E-state index in [4.69, 9.17) is 4.99 Å². The van der Waals surface area contributed by atoms with E-state index >= 15 is 0 Å². The van der Waals surface area contributed by atoms with Crippen molar-refractivity contribution in [1.29, 1.82) is 0 Å². The fraction of sp³-hybridized carbons (Fsp3) is 0.636. The van der Waals surface area contributed by atoms with Gasteiger partial charge in [-0.15, -0.1) is 24.0 Å². The van der Waals surface area contributed by atoms with Gasteiger partial charge in [0.05, 0.1) is 13.1 Å². The van der Waals surface area contributed by atoms with Crippen molar-refractivity contribution in [1.82, 2.24) is 20.9 Å². The maximum atomic E-state index is 11.6. The molecule has 0 saturated carbocycles. The number of phenolic OH excluding ortho intramolecular Hbond substituents is 1. The molecule has 0 bridgehead atoms. The molecule has 0 atom stereocenters. The molecular formula is C22H36IN5O2. The number of aliphatic imine (C=N–C) groups is 1. The maximum Gasteiger partial charge on any atom is 0.233 e. The molecule has 4 N–H and O–H groups in total. The minimum Gasteiger partial charge on any atom is -0.508 e. The third-order valence-corrected chi connectivity index (χ3v) is 5.94. The summed E-state index contributed by atoms with van der Waals surface area (Å²) in [6, 6.07) is 4.22. The molecule has 0 unspecified atom stereocenters. The monoisotopic (exact) mass is 529 g/mol. The zero-order chi connectivity index (χ0) is 20.6. The van der Waals surface area contributed by atoms with Gasteiger partial charge in [-0.2, -0.15) is 0 Å². The minimum atomic E-state index is 0. The number of rotatable bonds is 6. The Balaban J connectivity index is 0.00000320. The normalized spacial score (nSPS) is 17.6. The number of aryl methyl sites for hydroxylation is 1.